The van der Waals surface area contributed by atoms with Crippen molar-refractivity contribution in [2.75, 3.05) is 0 Å². The third-order valence-corrected chi connectivity index (χ3v) is 3.63. The zero-order valence-corrected chi connectivity index (χ0v) is 14.1. The number of carbonyl (C=O) groups is 2. The largest absolute Gasteiger partial charge is 0.459 e. The molecule has 6 heteroatoms. The SMILES string of the molecule is CC(C)(C)OC(=O)NC(Cc1ccccc1)C1CC(C#N)C(=O)O1. The van der Waals surface area contributed by atoms with Crippen LogP contribution in [0, 0.1) is 17.2 Å². The molecular formula is C18H22N2O4. The maximum absolute atomic E-state index is 12.1. The summed E-state index contributed by atoms with van der Waals surface area (Å²) in [5.41, 5.74) is 0.373. The van der Waals surface area contributed by atoms with E-state index in [0.29, 0.717) is 6.42 Å². The molecule has 24 heavy (non-hydrogen) atoms. The van der Waals surface area contributed by atoms with Gasteiger partial charge in [-0.3, -0.25) is 4.79 Å². The summed E-state index contributed by atoms with van der Waals surface area (Å²) in [6.07, 6.45) is -0.367. The summed E-state index contributed by atoms with van der Waals surface area (Å²) in [6, 6.07) is 11.1. The molecule has 1 aliphatic heterocycles. The number of ether oxygens (including phenoxy) is 2. The Balaban J connectivity index is 2.11. The summed E-state index contributed by atoms with van der Waals surface area (Å²) < 4.78 is 10.6. The van der Waals surface area contributed by atoms with Crippen LogP contribution >= 0.6 is 0 Å². The number of carbonyl (C=O) groups excluding carboxylic acids is 2. The molecule has 2 rings (SSSR count). The van der Waals surface area contributed by atoms with Crippen LogP contribution < -0.4 is 5.32 Å². The van der Waals surface area contributed by atoms with E-state index in [9.17, 15) is 9.59 Å². The van der Waals surface area contributed by atoms with Crippen LogP contribution in [0.3, 0.4) is 0 Å². The molecule has 1 aromatic carbocycles. The standard InChI is InChI=1S/C18H22N2O4/c1-18(2,3)24-17(22)20-14(9-12-7-5-4-6-8-12)15-10-13(11-19)16(21)23-15/h4-8,13-15H,9-10H2,1-3H3,(H,20,22). The third-order valence-electron chi connectivity index (χ3n) is 3.63. The highest BCUT2D eigenvalue weighted by Gasteiger charge is 2.40. The molecule has 1 amide bonds. The van der Waals surface area contributed by atoms with Crippen LogP contribution in [0.15, 0.2) is 30.3 Å². The highest BCUT2D eigenvalue weighted by atomic mass is 16.6. The number of amides is 1. The average molecular weight is 330 g/mol. The van der Waals surface area contributed by atoms with E-state index in [1.165, 1.54) is 0 Å². The number of nitrogens with one attached hydrogen (secondary N) is 1. The Morgan fingerprint density at radius 1 is 1.42 bits per heavy atom. The van der Waals surface area contributed by atoms with E-state index >= 15 is 0 Å². The van der Waals surface area contributed by atoms with Crippen molar-refractivity contribution in [2.45, 2.75) is 51.4 Å². The van der Waals surface area contributed by atoms with Crippen molar-refractivity contribution >= 4 is 12.1 Å². The summed E-state index contributed by atoms with van der Waals surface area (Å²) >= 11 is 0. The van der Waals surface area contributed by atoms with Gasteiger partial charge in [-0.15, -0.1) is 0 Å². The van der Waals surface area contributed by atoms with Crippen molar-refractivity contribution < 1.29 is 19.1 Å². The van der Waals surface area contributed by atoms with Gasteiger partial charge < -0.3 is 14.8 Å². The summed E-state index contributed by atoms with van der Waals surface area (Å²) in [4.78, 5) is 23.8. The Labute approximate surface area is 141 Å². The summed E-state index contributed by atoms with van der Waals surface area (Å²) in [7, 11) is 0. The van der Waals surface area contributed by atoms with Crippen molar-refractivity contribution in [3.63, 3.8) is 0 Å². The minimum atomic E-state index is -0.784. The first kappa shape index (κ1) is 17.8. The molecule has 1 saturated heterocycles. The van der Waals surface area contributed by atoms with Gasteiger partial charge in [0, 0.05) is 6.42 Å². The molecule has 0 radical (unpaired) electrons. The fourth-order valence-corrected chi connectivity index (χ4v) is 2.56. The zero-order valence-electron chi connectivity index (χ0n) is 14.1. The van der Waals surface area contributed by atoms with Gasteiger partial charge in [0.1, 0.15) is 17.6 Å². The van der Waals surface area contributed by atoms with Gasteiger partial charge in [0.2, 0.25) is 0 Å². The third kappa shape index (κ3) is 4.98. The Hall–Kier alpha value is -2.55. The lowest BCUT2D eigenvalue weighted by Crippen LogP contribution is -2.46. The molecule has 1 N–H and O–H groups in total. The quantitative estimate of drug-likeness (QED) is 0.857. The molecule has 3 atom stereocenters. The van der Waals surface area contributed by atoms with E-state index in [0.717, 1.165) is 5.56 Å². The zero-order chi connectivity index (χ0) is 17.7. The topological polar surface area (TPSA) is 88.4 Å². The molecule has 6 nitrogen and oxygen atoms in total. The van der Waals surface area contributed by atoms with Gasteiger partial charge in [0.25, 0.3) is 0 Å². The Morgan fingerprint density at radius 3 is 2.62 bits per heavy atom. The first-order valence-electron chi connectivity index (χ1n) is 7.92. The van der Waals surface area contributed by atoms with Crippen LogP contribution in [0.4, 0.5) is 4.79 Å². The molecule has 3 unspecified atom stereocenters. The van der Waals surface area contributed by atoms with Crippen molar-refractivity contribution in [2.24, 2.45) is 5.92 Å². The number of hydrogen-bond donors (Lipinski definition) is 1. The first-order chi connectivity index (χ1) is 11.3. The highest BCUT2D eigenvalue weighted by molar-refractivity contribution is 5.77. The van der Waals surface area contributed by atoms with E-state index in [1.54, 1.807) is 20.8 Å². The van der Waals surface area contributed by atoms with Crippen LogP contribution in [0.2, 0.25) is 0 Å². The molecule has 128 valence electrons. The lowest BCUT2D eigenvalue weighted by molar-refractivity contribution is -0.144. The predicted octanol–water partition coefficient (Wildman–Crippen LogP) is 2.58. The minimum absolute atomic E-state index is 0.266. The fourth-order valence-electron chi connectivity index (χ4n) is 2.56. The second-order valence-electron chi connectivity index (χ2n) is 6.84. The summed E-state index contributed by atoms with van der Waals surface area (Å²) in [5, 5.41) is 11.8. The number of esters is 1. The second-order valence-corrected chi connectivity index (χ2v) is 6.84. The molecule has 0 bridgehead atoms. The van der Waals surface area contributed by atoms with Gasteiger partial charge in [-0.05, 0) is 32.8 Å². The number of hydrogen-bond acceptors (Lipinski definition) is 5. The predicted molar refractivity (Wildman–Crippen MR) is 86.9 cm³/mol. The van der Waals surface area contributed by atoms with Gasteiger partial charge in [0.15, 0.2) is 0 Å². The molecule has 0 aromatic heterocycles. The first-order valence-corrected chi connectivity index (χ1v) is 7.92. The van der Waals surface area contributed by atoms with Gasteiger partial charge in [0.05, 0.1) is 12.1 Å². The number of benzene rings is 1. The molecule has 0 aliphatic carbocycles. The van der Waals surface area contributed by atoms with Gasteiger partial charge in [-0.1, -0.05) is 30.3 Å². The lowest BCUT2D eigenvalue weighted by atomic mass is 9.96. The lowest BCUT2D eigenvalue weighted by Gasteiger charge is -2.26. The van der Waals surface area contributed by atoms with E-state index in [2.05, 4.69) is 5.32 Å². The average Bonchev–Trinajstić information content (AvgIpc) is 2.87. The second kappa shape index (κ2) is 7.35. The van der Waals surface area contributed by atoms with E-state index < -0.39 is 35.7 Å². The monoisotopic (exact) mass is 330 g/mol. The van der Waals surface area contributed by atoms with Gasteiger partial charge in [-0.2, -0.15) is 5.26 Å². The molecule has 1 aromatic rings. The van der Waals surface area contributed by atoms with Crippen LogP contribution in [0.5, 0.6) is 0 Å². The molecule has 1 heterocycles. The minimum Gasteiger partial charge on any atom is -0.459 e. The molecular weight excluding hydrogens is 308 g/mol. The van der Waals surface area contributed by atoms with Crippen LogP contribution in [-0.2, 0) is 20.7 Å². The molecule has 1 fully saturated rings. The van der Waals surface area contributed by atoms with Crippen LogP contribution in [-0.4, -0.2) is 29.8 Å². The van der Waals surface area contributed by atoms with Crippen LogP contribution in [0.1, 0.15) is 32.8 Å². The molecule has 0 saturated carbocycles. The maximum atomic E-state index is 12.1. The van der Waals surface area contributed by atoms with Crippen molar-refractivity contribution in [3.05, 3.63) is 35.9 Å². The number of alkyl carbamates (subject to hydrolysis) is 1. The Morgan fingerprint density at radius 2 is 2.08 bits per heavy atom. The van der Waals surface area contributed by atoms with Gasteiger partial charge in [-0.25, -0.2) is 4.79 Å². The Bertz CT molecular complexity index is 631. The number of nitrogens with zero attached hydrogens (tertiary/aromatic N) is 1. The molecule has 1 aliphatic rings. The van der Waals surface area contributed by atoms with Crippen LogP contribution in [0.25, 0.3) is 0 Å². The van der Waals surface area contributed by atoms with E-state index in [1.807, 2.05) is 36.4 Å². The van der Waals surface area contributed by atoms with Gasteiger partial charge >= 0.3 is 12.1 Å². The van der Waals surface area contributed by atoms with Crippen molar-refractivity contribution in [1.82, 2.24) is 5.32 Å². The summed E-state index contributed by atoms with van der Waals surface area (Å²) in [6.45, 7) is 5.33. The van der Waals surface area contributed by atoms with E-state index in [-0.39, 0.29) is 6.42 Å². The van der Waals surface area contributed by atoms with Crippen molar-refractivity contribution in [1.29, 1.82) is 5.26 Å². The number of rotatable bonds is 4. The fraction of sp³-hybridized carbons (Fsp3) is 0.500. The van der Waals surface area contributed by atoms with E-state index in [4.69, 9.17) is 14.7 Å². The van der Waals surface area contributed by atoms with Crippen molar-refractivity contribution in [3.8, 4) is 6.07 Å². The molecule has 0 spiro atoms. The number of cyclic esters (lactones) is 1. The normalized spacial score (nSPS) is 21.5. The smallest absolute Gasteiger partial charge is 0.408 e. The Kier molecular flexibility index (Phi) is 5.45. The number of nitriles is 1. The summed E-state index contributed by atoms with van der Waals surface area (Å²) in [5.74, 6) is -1.32. The maximum Gasteiger partial charge on any atom is 0.408 e. The highest BCUT2D eigenvalue weighted by Crippen LogP contribution is 2.25.